The Bertz CT molecular complexity index is 718. The van der Waals surface area contributed by atoms with Crippen LogP contribution in [0, 0.1) is 11.8 Å². The average Bonchev–Trinajstić information content (AvgIpc) is 2.52. The summed E-state index contributed by atoms with van der Waals surface area (Å²) in [5.74, 6) is 5.15. The van der Waals surface area contributed by atoms with Crippen LogP contribution in [-0.2, 0) is 10.9 Å². The molecule has 0 spiro atoms. The summed E-state index contributed by atoms with van der Waals surface area (Å²) in [7, 11) is 1.29. The molecule has 2 rings (SSSR count). The Morgan fingerprint density at radius 1 is 0.909 bits per heavy atom. The Balaban J connectivity index is 2.15. The molecule has 0 N–H and O–H groups in total. The van der Waals surface area contributed by atoms with Gasteiger partial charge in [-0.3, -0.25) is 0 Å². The summed E-state index contributed by atoms with van der Waals surface area (Å²) in [5.41, 5.74) is 0.820. The van der Waals surface area contributed by atoms with E-state index in [9.17, 15) is 18.0 Å². The van der Waals surface area contributed by atoms with Gasteiger partial charge in [0.05, 0.1) is 18.2 Å². The number of esters is 1. The van der Waals surface area contributed by atoms with Gasteiger partial charge in [0.25, 0.3) is 0 Å². The van der Waals surface area contributed by atoms with E-state index in [1.54, 1.807) is 24.3 Å². The smallest absolute Gasteiger partial charge is 0.416 e. The Labute approximate surface area is 125 Å². The van der Waals surface area contributed by atoms with Gasteiger partial charge in [0.2, 0.25) is 0 Å². The molecule has 0 radical (unpaired) electrons. The zero-order valence-corrected chi connectivity index (χ0v) is 11.6. The number of hydrogen-bond donors (Lipinski definition) is 0. The summed E-state index contributed by atoms with van der Waals surface area (Å²) in [4.78, 5) is 11.3. The van der Waals surface area contributed by atoms with Crippen molar-refractivity contribution >= 4 is 5.97 Å². The maximum atomic E-state index is 12.4. The number of alkyl halides is 3. The van der Waals surface area contributed by atoms with E-state index >= 15 is 0 Å². The Kier molecular flexibility index (Phi) is 4.52. The van der Waals surface area contributed by atoms with Gasteiger partial charge in [0, 0.05) is 11.1 Å². The molecule has 0 aliphatic carbocycles. The van der Waals surface area contributed by atoms with E-state index in [0.29, 0.717) is 16.7 Å². The number of benzene rings is 2. The van der Waals surface area contributed by atoms with Gasteiger partial charge in [-0.1, -0.05) is 11.8 Å². The fourth-order valence-corrected chi connectivity index (χ4v) is 1.69. The normalized spacial score (nSPS) is 10.5. The highest BCUT2D eigenvalue weighted by molar-refractivity contribution is 5.89. The minimum absolute atomic E-state index is 0.405. The third-order valence-corrected chi connectivity index (χ3v) is 2.87. The van der Waals surface area contributed by atoms with Crippen molar-refractivity contribution in [3.05, 3.63) is 70.8 Å². The van der Waals surface area contributed by atoms with Crippen LogP contribution >= 0.6 is 0 Å². The molecule has 112 valence electrons. The van der Waals surface area contributed by atoms with Crippen LogP contribution < -0.4 is 0 Å². The molecule has 2 nitrogen and oxygen atoms in total. The minimum atomic E-state index is -4.35. The molecule has 0 aliphatic heterocycles. The topological polar surface area (TPSA) is 26.3 Å². The van der Waals surface area contributed by atoms with E-state index in [1.165, 1.54) is 19.2 Å². The van der Waals surface area contributed by atoms with Gasteiger partial charge in [0.15, 0.2) is 0 Å². The van der Waals surface area contributed by atoms with Gasteiger partial charge in [-0.05, 0) is 48.5 Å². The second-order valence-corrected chi connectivity index (χ2v) is 4.39. The lowest BCUT2D eigenvalue weighted by Gasteiger charge is -2.05. The van der Waals surface area contributed by atoms with Crippen LogP contribution in [-0.4, -0.2) is 13.1 Å². The summed E-state index contributed by atoms with van der Waals surface area (Å²) in [6.45, 7) is 0. The van der Waals surface area contributed by atoms with Crippen LogP contribution in [0.5, 0.6) is 0 Å². The van der Waals surface area contributed by atoms with Crippen LogP contribution in [0.4, 0.5) is 13.2 Å². The fraction of sp³-hybridized carbons (Fsp3) is 0.118. The van der Waals surface area contributed by atoms with Crippen molar-refractivity contribution in [3.8, 4) is 11.8 Å². The fourth-order valence-electron chi connectivity index (χ4n) is 1.69. The van der Waals surface area contributed by atoms with Crippen molar-refractivity contribution in [1.82, 2.24) is 0 Å². The van der Waals surface area contributed by atoms with Crippen LogP contribution in [0.2, 0.25) is 0 Å². The minimum Gasteiger partial charge on any atom is -0.465 e. The first-order valence-corrected chi connectivity index (χ1v) is 6.28. The molecule has 0 unspecified atom stereocenters. The first-order chi connectivity index (χ1) is 10.4. The average molecular weight is 304 g/mol. The second-order valence-electron chi connectivity index (χ2n) is 4.39. The molecule has 0 saturated heterocycles. The number of rotatable bonds is 1. The van der Waals surface area contributed by atoms with Crippen LogP contribution in [0.3, 0.4) is 0 Å². The number of hydrogen-bond acceptors (Lipinski definition) is 2. The molecular formula is C17H11F3O2. The van der Waals surface area contributed by atoms with E-state index in [1.807, 2.05) is 0 Å². The monoisotopic (exact) mass is 304 g/mol. The summed E-state index contributed by atoms with van der Waals surface area (Å²) in [6.07, 6.45) is -4.35. The highest BCUT2D eigenvalue weighted by Gasteiger charge is 2.29. The SMILES string of the molecule is COC(=O)c1ccc(C#Cc2ccc(C(F)(F)F)cc2)cc1. The molecule has 0 fully saturated rings. The van der Waals surface area contributed by atoms with Crippen molar-refractivity contribution < 1.29 is 22.7 Å². The van der Waals surface area contributed by atoms with Gasteiger partial charge >= 0.3 is 12.1 Å². The quantitative estimate of drug-likeness (QED) is 0.590. The number of ether oxygens (including phenoxy) is 1. The van der Waals surface area contributed by atoms with Crippen LogP contribution in [0.1, 0.15) is 27.0 Å². The standard InChI is InChI=1S/C17H11F3O2/c1-22-16(21)14-8-4-12(5-9-14)2-3-13-6-10-15(11-7-13)17(18,19)20/h4-11H,1H3. The predicted octanol–water partition coefficient (Wildman–Crippen LogP) is 3.89. The van der Waals surface area contributed by atoms with Gasteiger partial charge in [-0.2, -0.15) is 13.2 Å². The maximum absolute atomic E-state index is 12.4. The molecule has 2 aromatic carbocycles. The van der Waals surface area contributed by atoms with Gasteiger partial charge in [0.1, 0.15) is 0 Å². The molecule has 0 aliphatic rings. The Hall–Kier alpha value is -2.74. The van der Waals surface area contributed by atoms with Gasteiger partial charge in [-0.15, -0.1) is 0 Å². The highest BCUT2D eigenvalue weighted by atomic mass is 19.4. The second kappa shape index (κ2) is 6.35. The van der Waals surface area contributed by atoms with Gasteiger partial charge < -0.3 is 4.74 Å². The Morgan fingerprint density at radius 2 is 1.36 bits per heavy atom. The Morgan fingerprint density at radius 3 is 1.77 bits per heavy atom. The van der Waals surface area contributed by atoms with E-state index < -0.39 is 17.7 Å². The lowest BCUT2D eigenvalue weighted by atomic mass is 10.1. The summed E-state index contributed by atoms with van der Waals surface area (Å²) in [5, 5.41) is 0. The van der Waals surface area contributed by atoms with E-state index in [2.05, 4.69) is 16.6 Å². The largest absolute Gasteiger partial charge is 0.465 e. The summed E-state index contributed by atoms with van der Waals surface area (Å²) in [6, 6.07) is 11.0. The van der Waals surface area contributed by atoms with Gasteiger partial charge in [-0.25, -0.2) is 4.79 Å². The van der Waals surface area contributed by atoms with Crippen molar-refractivity contribution in [2.75, 3.05) is 7.11 Å². The molecule has 0 amide bonds. The third kappa shape index (κ3) is 3.89. The van der Waals surface area contributed by atoms with Crippen molar-refractivity contribution in [3.63, 3.8) is 0 Å². The number of carbonyl (C=O) groups excluding carboxylic acids is 1. The number of methoxy groups -OCH3 is 1. The summed E-state index contributed by atoms with van der Waals surface area (Å²) >= 11 is 0. The molecule has 0 atom stereocenters. The molecule has 22 heavy (non-hydrogen) atoms. The lowest BCUT2D eigenvalue weighted by molar-refractivity contribution is -0.137. The molecule has 0 heterocycles. The van der Waals surface area contributed by atoms with Crippen molar-refractivity contribution in [2.24, 2.45) is 0 Å². The third-order valence-electron chi connectivity index (χ3n) is 2.87. The maximum Gasteiger partial charge on any atom is 0.416 e. The van der Waals surface area contributed by atoms with Crippen LogP contribution in [0.15, 0.2) is 48.5 Å². The van der Waals surface area contributed by atoms with Crippen LogP contribution in [0.25, 0.3) is 0 Å². The summed E-state index contributed by atoms with van der Waals surface area (Å²) < 4.78 is 41.9. The lowest BCUT2D eigenvalue weighted by Crippen LogP contribution is -2.04. The first-order valence-electron chi connectivity index (χ1n) is 6.28. The molecule has 0 saturated carbocycles. The van der Waals surface area contributed by atoms with E-state index in [0.717, 1.165) is 12.1 Å². The van der Waals surface area contributed by atoms with E-state index in [4.69, 9.17) is 0 Å². The van der Waals surface area contributed by atoms with Crippen molar-refractivity contribution in [1.29, 1.82) is 0 Å². The molecule has 0 aromatic heterocycles. The zero-order valence-electron chi connectivity index (χ0n) is 11.6. The van der Waals surface area contributed by atoms with E-state index in [-0.39, 0.29) is 0 Å². The van der Waals surface area contributed by atoms with Crippen molar-refractivity contribution in [2.45, 2.75) is 6.18 Å². The molecule has 5 heteroatoms. The predicted molar refractivity (Wildman–Crippen MR) is 75.2 cm³/mol. The molecular weight excluding hydrogens is 293 g/mol. The molecule has 2 aromatic rings. The number of halogens is 3. The first kappa shape index (κ1) is 15.6. The number of carbonyl (C=O) groups is 1. The highest BCUT2D eigenvalue weighted by Crippen LogP contribution is 2.28. The zero-order chi connectivity index (χ0) is 16.2. The molecule has 0 bridgehead atoms.